The summed E-state index contributed by atoms with van der Waals surface area (Å²) < 4.78 is 12.4. The van der Waals surface area contributed by atoms with E-state index in [1.54, 1.807) is 9.80 Å². The molecule has 0 radical (unpaired) electrons. The highest BCUT2D eigenvalue weighted by Gasteiger charge is 2.74. The van der Waals surface area contributed by atoms with E-state index >= 15 is 0 Å². The Balaban J connectivity index is 1.54. The minimum absolute atomic E-state index is 0.00353. The van der Waals surface area contributed by atoms with Gasteiger partial charge in [0.1, 0.15) is 17.4 Å². The van der Waals surface area contributed by atoms with Gasteiger partial charge < -0.3 is 29.3 Å². The first-order chi connectivity index (χ1) is 18.8. The lowest BCUT2D eigenvalue weighted by atomic mass is 9.74. The van der Waals surface area contributed by atoms with Crippen molar-refractivity contribution in [2.24, 2.45) is 11.8 Å². The van der Waals surface area contributed by atoms with Crippen LogP contribution in [0.3, 0.4) is 0 Å². The third-order valence-electron chi connectivity index (χ3n) is 8.47. The number of benzene rings is 1. The lowest BCUT2D eigenvalue weighted by molar-refractivity contribution is -0.151. The number of anilines is 1. The molecule has 1 aromatic carbocycles. The smallest absolute Gasteiger partial charge is 0.249 e. The van der Waals surface area contributed by atoms with Gasteiger partial charge in [0.2, 0.25) is 17.7 Å². The van der Waals surface area contributed by atoms with Crippen molar-refractivity contribution in [3.63, 3.8) is 0 Å². The van der Waals surface area contributed by atoms with Crippen molar-refractivity contribution in [3.8, 4) is 5.75 Å². The monoisotopic (exact) mass is 537 g/mol. The molecule has 3 amide bonds. The molecule has 210 valence electrons. The first kappa shape index (κ1) is 27.4. The first-order valence-electron chi connectivity index (χ1n) is 14.1. The predicted molar refractivity (Wildman–Crippen MR) is 146 cm³/mol. The molecule has 1 unspecified atom stereocenters. The highest BCUT2D eigenvalue weighted by molar-refractivity contribution is 6.04. The molecule has 4 aliphatic heterocycles. The molecule has 1 aromatic rings. The van der Waals surface area contributed by atoms with E-state index in [9.17, 15) is 19.5 Å². The van der Waals surface area contributed by atoms with Crippen molar-refractivity contribution >= 4 is 23.4 Å². The standard InChI is InChI=1S/C30H39N3O6/c1-4-6-7-16-31-17-9-15-30-24(27(36)33(19-20-34)25(30)28(31)37)23-26(35)32(18-8-14-29(23,3)39-30)21-10-12-22(13-11-21)38-5-2/h8-15,23-25,34H,4-7,16-20H2,1-3H3/t23-,24-,25?,29+,30-/m0/s1. The number of nitrogens with zero attached hydrogens (tertiary/aromatic N) is 3. The number of unbranched alkanes of at least 4 members (excludes halogenated alkanes) is 2. The average molecular weight is 538 g/mol. The number of hydrogen-bond donors (Lipinski definition) is 1. The van der Waals surface area contributed by atoms with E-state index in [0.717, 1.165) is 19.3 Å². The van der Waals surface area contributed by atoms with Gasteiger partial charge in [-0.3, -0.25) is 14.4 Å². The fourth-order valence-corrected chi connectivity index (χ4v) is 6.79. The van der Waals surface area contributed by atoms with Crippen molar-refractivity contribution in [1.29, 1.82) is 0 Å². The van der Waals surface area contributed by atoms with Crippen LogP contribution in [-0.2, 0) is 19.1 Å². The highest BCUT2D eigenvalue weighted by atomic mass is 16.5. The fourth-order valence-electron chi connectivity index (χ4n) is 6.79. The summed E-state index contributed by atoms with van der Waals surface area (Å²) in [6.07, 6.45) is 10.4. The second kappa shape index (κ2) is 10.8. The maximum Gasteiger partial charge on any atom is 0.249 e. The van der Waals surface area contributed by atoms with Crippen molar-refractivity contribution in [1.82, 2.24) is 9.80 Å². The fraction of sp³-hybridized carbons (Fsp3) is 0.567. The molecule has 0 aliphatic carbocycles. The number of amides is 3. The zero-order chi connectivity index (χ0) is 27.8. The normalized spacial score (nSPS) is 31.7. The van der Waals surface area contributed by atoms with Crippen molar-refractivity contribution in [2.45, 2.75) is 57.3 Å². The minimum Gasteiger partial charge on any atom is -0.494 e. The summed E-state index contributed by atoms with van der Waals surface area (Å²) in [5, 5.41) is 9.85. The number of aliphatic hydroxyl groups is 1. The summed E-state index contributed by atoms with van der Waals surface area (Å²) in [4.78, 5) is 47.3. The van der Waals surface area contributed by atoms with E-state index in [1.807, 2.05) is 62.4 Å². The number of aliphatic hydroxyl groups excluding tert-OH is 1. The van der Waals surface area contributed by atoms with Gasteiger partial charge in [-0.2, -0.15) is 0 Å². The molecule has 9 nitrogen and oxygen atoms in total. The molecule has 4 heterocycles. The van der Waals surface area contributed by atoms with Crippen molar-refractivity contribution in [2.75, 3.05) is 44.3 Å². The summed E-state index contributed by atoms with van der Waals surface area (Å²) in [5.74, 6) is -1.77. The number of rotatable bonds is 9. The lowest BCUT2D eigenvalue weighted by Gasteiger charge is -2.37. The zero-order valence-corrected chi connectivity index (χ0v) is 23.0. The van der Waals surface area contributed by atoms with E-state index in [-0.39, 0.29) is 30.9 Å². The number of ether oxygens (including phenoxy) is 2. The van der Waals surface area contributed by atoms with Crippen LogP contribution >= 0.6 is 0 Å². The number of carbonyl (C=O) groups excluding carboxylic acids is 3. The quantitative estimate of drug-likeness (QED) is 0.384. The molecular formula is C30H39N3O6. The summed E-state index contributed by atoms with van der Waals surface area (Å²) in [6.45, 7) is 7.46. The van der Waals surface area contributed by atoms with Crippen LogP contribution in [0.1, 0.15) is 40.0 Å². The topological polar surface area (TPSA) is 99.6 Å². The molecule has 0 aromatic heterocycles. The number of carbonyl (C=O) groups is 3. The SMILES string of the molecule is CCCCCN1CC=C[C@]23O[C@]4(C)C=CCN(c5ccc(OCC)cc5)C(=O)[C@@H]4[C@H]2C(=O)N(CCO)C3C1=O. The Morgan fingerprint density at radius 2 is 1.69 bits per heavy atom. The van der Waals surface area contributed by atoms with E-state index in [2.05, 4.69) is 6.92 Å². The van der Waals surface area contributed by atoms with Crippen LogP contribution in [0.15, 0.2) is 48.6 Å². The second-order valence-electron chi connectivity index (χ2n) is 10.9. The first-order valence-corrected chi connectivity index (χ1v) is 14.1. The van der Waals surface area contributed by atoms with E-state index < -0.39 is 29.1 Å². The van der Waals surface area contributed by atoms with Gasteiger partial charge in [0.15, 0.2) is 0 Å². The molecule has 0 bridgehead atoms. The number of fused-ring (bicyclic) bond motifs is 2. The summed E-state index contributed by atoms with van der Waals surface area (Å²) in [7, 11) is 0. The second-order valence-corrected chi connectivity index (χ2v) is 10.9. The minimum atomic E-state index is -1.30. The van der Waals surface area contributed by atoms with Crippen LogP contribution in [0.4, 0.5) is 5.69 Å². The van der Waals surface area contributed by atoms with Gasteiger partial charge in [-0.15, -0.1) is 0 Å². The number of likely N-dealkylation sites (tertiary alicyclic amines) is 1. The molecule has 5 atom stereocenters. The van der Waals surface area contributed by atoms with Crippen molar-refractivity contribution < 1.29 is 29.0 Å². The predicted octanol–water partition coefficient (Wildman–Crippen LogP) is 2.54. The molecule has 39 heavy (non-hydrogen) atoms. The van der Waals surface area contributed by atoms with Gasteiger partial charge in [0, 0.05) is 31.9 Å². The molecule has 9 heteroatoms. The van der Waals surface area contributed by atoms with E-state index in [1.165, 1.54) is 4.90 Å². The molecule has 1 spiro atoms. The average Bonchev–Trinajstić information content (AvgIpc) is 3.18. The molecule has 0 saturated carbocycles. The summed E-state index contributed by atoms with van der Waals surface area (Å²) in [6, 6.07) is 6.39. The summed E-state index contributed by atoms with van der Waals surface area (Å²) in [5.41, 5.74) is -1.69. The Morgan fingerprint density at radius 3 is 2.38 bits per heavy atom. The Hall–Kier alpha value is -3.17. The van der Waals surface area contributed by atoms with Crippen molar-refractivity contribution in [3.05, 3.63) is 48.6 Å². The van der Waals surface area contributed by atoms with E-state index in [0.29, 0.717) is 37.7 Å². The third kappa shape index (κ3) is 4.45. The van der Waals surface area contributed by atoms with Gasteiger partial charge in [-0.25, -0.2) is 0 Å². The molecule has 2 fully saturated rings. The summed E-state index contributed by atoms with van der Waals surface area (Å²) >= 11 is 0. The zero-order valence-electron chi connectivity index (χ0n) is 23.0. The maximum absolute atomic E-state index is 14.3. The van der Waals surface area contributed by atoms with Gasteiger partial charge in [-0.05, 0) is 44.5 Å². The van der Waals surface area contributed by atoms with Crippen LogP contribution in [-0.4, -0.2) is 89.3 Å². The Morgan fingerprint density at radius 1 is 0.949 bits per heavy atom. The van der Waals surface area contributed by atoms with E-state index in [4.69, 9.17) is 9.47 Å². The van der Waals surface area contributed by atoms with Crippen LogP contribution in [0, 0.1) is 11.8 Å². The third-order valence-corrected chi connectivity index (χ3v) is 8.47. The molecule has 4 aliphatic rings. The largest absolute Gasteiger partial charge is 0.494 e. The maximum atomic E-state index is 14.3. The lowest BCUT2D eigenvalue weighted by Crippen LogP contribution is -2.56. The number of β-amino-alcohol motifs (C(OH)–C–C–N with tert-alkyl or cyclic N) is 1. The van der Waals surface area contributed by atoms with Gasteiger partial charge in [0.05, 0.1) is 30.7 Å². The highest BCUT2D eigenvalue weighted by Crippen LogP contribution is 2.57. The Labute approximate surface area is 230 Å². The molecule has 2 saturated heterocycles. The van der Waals surface area contributed by atoms with Gasteiger partial charge >= 0.3 is 0 Å². The Kier molecular flexibility index (Phi) is 7.57. The molecule has 5 rings (SSSR count). The Bertz CT molecular complexity index is 1170. The van der Waals surface area contributed by atoms with Crippen LogP contribution in [0.2, 0.25) is 0 Å². The van der Waals surface area contributed by atoms with Gasteiger partial charge in [-0.1, -0.05) is 44.1 Å². The molecule has 1 N–H and O–H groups in total. The van der Waals surface area contributed by atoms with Crippen LogP contribution in [0.5, 0.6) is 5.75 Å². The van der Waals surface area contributed by atoms with Crippen LogP contribution < -0.4 is 9.64 Å². The van der Waals surface area contributed by atoms with Crippen LogP contribution in [0.25, 0.3) is 0 Å². The number of hydrogen-bond acceptors (Lipinski definition) is 6. The molecular weight excluding hydrogens is 498 g/mol. The van der Waals surface area contributed by atoms with Gasteiger partial charge in [0.25, 0.3) is 0 Å².